The molecule has 5 nitrogen and oxygen atoms in total. The summed E-state index contributed by atoms with van der Waals surface area (Å²) in [5.41, 5.74) is 2.96. The summed E-state index contributed by atoms with van der Waals surface area (Å²) < 4.78 is 16.0. The SMILES string of the molecule is Oc1c(N=Nc2nc3ccccc3s2)c2ccccc2n1Cc1ccc(F)cc1. The summed E-state index contributed by atoms with van der Waals surface area (Å²) in [7, 11) is 0. The van der Waals surface area contributed by atoms with Crippen molar-refractivity contribution in [2.24, 2.45) is 10.2 Å². The first-order valence-electron chi connectivity index (χ1n) is 9.01. The van der Waals surface area contributed by atoms with E-state index in [2.05, 4.69) is 15.2 Å². The molecule has 0 fully saturated rings. The Kier molecular flexibility index (Phi) is 4.29. The molecule has 0 atom stereocenters. The minimum atomic E-state index is -0.291. The van der Waals surface area contributed by atoms with Crippen molar-refractivity contribution in [1.82, 2.24) is 9.55 Å². The number of benzene rings is 3. The van der Waals surface area contributed by atoms with Crippen LogP contribution in [-0.4, -0.2) is 14.7 Å². The van der Waals surface area contributed by atoms with Gasteiger partial charge in [-0.2, -0.15) is 0 Å². The number of rotatable bonds is 4. The van der Waals surface area contributed by atoms with Gasteiger partial charge in [0.2, 0.25) is 11.0 Å². The fraction of sp³-hybridized carbons (Fsp3) is 0.0455. The molecule has 0 saturated heterocycles. The van der Waals surface area contributed by atoms with E-state index in [1.807, 2.05) is 48.5 Å². The average molecular weight is 402 g/mol. The van der Waals surface area contributed by atoms with Gasteiger partial charge in [-0.15, -0.1) is 10.2 Å². The molecule has 0 unspecified atom stereocenters. The van der Waals surface area contributed by atoms with E-state index in [0.29, 0.717) is 17.4 Å². The van der Waals surface area contributed by atoms with Crippen molar-refractivity contribution in [2.75, 3.05) is 0 Å². The maximum Gasteiger partial charge on any atom is 0.231 e. The van der Waals surface area contributed by atoms with Gasteiger partial charge in [-0.05, 0) is 35.9 Å². The molecule has 0 bridgehead atoms. The van der Waals surface area contributed by atoms with Crippen LogP contribution in [-0.2, 0) is 6.54 Å². The highest BCUT2D eigenvalue weighted by Crippen LogP contribution is 2.40. The molecular weight excluding hydrogens is 387 g/mol. The molecule has 5 aromatic rings. The van der Waals surface area contributed by atoms with Crippen molar-refractivity contribution in [3.63, 3.8) is 0 Å². The second kappa shape index (κ2) is 7.10. The molecule has 2 aromatic heterocycles. The third kappa shape index (κ3) is 3.25. The van der Waals surface area contributed by atoms with E-state index >= 15 is 0 Å². The van der Waals surface area contributed by atoms with Gasteiger partial charge in [-0.25, -0.2) is 9.37 Å². The van der Waals surface area contributed by atoms with Crippen LogP contribution in [0.1, 0.15) is 5.56 Å². The Hall–Kier alpha value is -3.58. The first kappa shape index (κ1) is 17.5. The minimum Gasteiger partial charge on any atom is -0.493 e. The summed E-state index contributed by atoms with van der Waals surface area (Å²) in [5.74, 6) is -0.277. The molecule has 0 amide bonds. The summed E-state index contributed by atoms with van der Waals surface area (Å²) >= 11 is 1.44. The van der Waals surface area contributed by atoms with Crippen LogP contribution >= 0.6 is 11.3 Å². The third-order valence-corrected chi connectivity index (χ3v) is 5.61. The summed E-state index contributed by atoms with van der Waals surface area (Å²) in [6.45, 7) is 0.392. The molecule has 3 aromatic carbocycles. The third-order valence-electron chi connectivity index (χ3n) is 4.69. The van der Waals surface area contributed by atoms with Crippen molar-refractivity contribution < 1.29 is 9.50 Å². The number of azo groups is 1. The number of aromatic nitrogens is 2. The normalized spacial score (nSPS) is 11.8. The van der Waals surface area contributed by atoms with Gasteiger partial charge < -0.3 is 9.67 Å². The number of aromatic hydroxyl groups is 1. The van der Waals surface area contributed by atoms with E-state index in [0.717, 1.165) is 26.7 Å². The number of hydrogen-bond acceptors (Lipinski definition) is 5. The zero-order valence-corrected chi connectivity index (χ0v) is 16.0. The molecule has 29 heavy (non-hydrogen) atoms. The lowest BCUT2D eigenvalue weighted by molar-refractivity contribution is 0.429. The highest BCUT2D eigenvalue weighted by Gasteiger charge is 2.17. The largest absolute Gasteiger partial charge is 0.493 e. The van der Waals surface area contributed by atoms with E-state index in [9.17, 15) is 9.50 Å². The summed E-state index contributed by atoms with van der Waals surface area (Å²) in [5, 5.41) is 20.8. The predicted octanol–water partition coefficient (Wildman–Crippen LogP) is 6.56. The Morgan fingerprint density at radius 3 is 2.52 bits per heavy atom. The predicted molar refractivity (Wildman–Crippen MR) is 113 cm³/mol. The van der Waals surface area contributed by atoms with E-state index in [1.165, 1.54) is 23.5 Å². The lowest BCUT2D eigenvalue weighted by atomic mass is 10.2. The number of para-hydroxylation sites is 2. The Morgan fingerprint density at radius 1 is 0.931 bits per heavy atom. The first-order valence-corrected chi connectivity index (χ1v) is 9.82. The van der Waals surface area contributed by atoms with Crippen LogP contribution in [0.4, 0.5) is 15.2 Å². The van der Waals surface area contributed by atoms with Gasteiger partial charge in [-0.1, -0.05) is 53.8 Å². The van der Waals surface area contributed by atoms with Gasteiger partial charge >= 0.3 is 0 Å². The molecule has 0 aliphatic rings. The van der Waals surface area contributed by atoms with E-state index in [1.54, 1.807) is 16.7 Å². The summed E-state index contributed by atoms with van der Waals surface area (Å²) in [6, 6.07) is 21.6. The van der Waals surface area contributed by atoms with Gasteiger partial charge in [0.1, 0.15) is 5.82 Å². The highest BCUT2D eigenvalue weighted by molar-refractivity contribution is 7.21. The molecule has 0 spiro atoms. The van der Waals surface area contributed by atoms with Gasteiger partial charge in [0.15, 0.2) is 5.69 Å². The van der Waals surface area contributed by atoms with Crippen LogP contribution in [0, 0.1) is 5.82 Å². The Labute approximate surface area is 169 Å². The zero-order valence-electron chi connectivity index (χ0n) is 15.2. The fourth-order valence-electron chi connectivity index (χ4n) is 3.30. The topological polar surface area (TPSA) is 62.8 Å². The van der Waals surface area contributed by atoms with E-state index < -0.39 is 0 Å². The average Bonchev–Trinajstić information content (AvgIpc) is 3.27. The molecular formula is C22H15FN4OS. The molecule has 5 rings (SSSR count). The van der Waals surface area contributed by atoms with Gasteiger partial charge in [0.25, 0.3) is 0 Å². The molecule has 7 heteroatoms. The number of hydrogen-bond donors (Lipinski definition) is 1. The number of nitrogens with zero attached hydrogens (tertiary/aromatic N) is 4. The van der Waals surface area contributed by atoms with Gasteiger partial charge in [0, 0.05) is 5.39 Å². The maximum atomic E-state index is 13.2. The van der Waals surface area contributed by atoms with Gasteiger partial charge in [-0.3, -0.25) is 0 Å². The van der Waals surface area contributed by atoms with Crippen LogP contribution in [0.25, 0.3) is 21.1 Å². The monoisotopic (exact) mass is 402 g/mol. The molecule has 0 aliphatic heterocycles. The molecule has 142 valence electrons. The van der Waals surface area contributed by atoms with Crippen LogP contribution in [0.5, 0.6) is 5.88 Å². The van der Waals surface area contributed by atoms with Crippen molar-refractivity contribution >= 4 is 43.3 Å². The number of thiazole rings is 1. The molecule has 0 radical (unpaired) electrons. The zero-order chi connectivity index (χ0) is 19.8. The summed E-state index contributed by atoms with van der Waals surface area (Å²) in [6.07, 6.45) is 0. The second-order valence-electron chi connectivity index (χ2n) is 6.57. The molecule has 0 aliphatic carbocycles. The lowest BCUT2D eigenvalue weighted by Crippen LogP contribution is -1.98. The van der Waals surface area contributed by atoms with E-state index in [4.69, 9.17) is 0 Å². The summed E-state index contributed by atoms with van der Waals surface area (Å²) in [4.78, 5) is 4.45. The second-order valence-corrected chi connectivity index (χ2v) is 7.58. The van der Waals surface area contributed by atoms with Crippen molar-refractivity contribution in [2.45, 2.75) is 6.54 Å². The van der Waals surface area contributed by atoms with Crippen LogP contribution in [0.3, 0.4) is 0 Å². The fourth-order valence-corrected chi connectivity index (χ4v) is 4.09. The Balaban J connectivity index is 1.56. The van der Waals surface area contributed by atoms with Crippen LogP contribution in [0.2, 0.25) is 0 Å². The van der Waals surface area contributed by atoms with Crippen molar-refractivity contribution in [3.8, 4) is 5.88 Å². The molecule has 2 heterocycles. The highest BCUT2D eigenvalue weighted by atomic mass is 32.1. The van der Waals surface area contributed by atoms with E-state index in [-0.39, 0.29) is 11.7 Å². The maximum absolute atomic E-state index is 13.2. The lowest BCUT2D eigenvalue weighted by Gasteiger charge is -2.07. The Bertz CT molecular complexity index is 1320. The van der Waals surface area contributed by atoms with Crippen LogP contribution in [0.15, 0.2) is 83.0 Å². The number of fused-ring (bicyclic) bond motifs is 2. The minimum absolute atomic E-state index is 0.0142. The molecule has 1 N–H and O–H groups in total. The quantitative estimate of drug-likeness (QED) is 0.346. The van der Waals surface area contributed by atoms with Gasteiger partial charge in [0.05, 0.1) is 22.3 Å². The van der Waals surface area contributed by atoms with Crippen molar-refractivity contribution in [3.05, 3.63) is 84.2 Å². The smallest absolute Gasteiger partial charge is 0.231 e. The first-order chi connectivity index (χ1) is 14.2. The number of halogens is 1. The van der Waals surface area contributed by atoms with Crippen LogP contribution < -0.4 is 0 Å². The van der Waals surface area contributed by atoms with Crippen molar-refractivity contribution in [1.29, 1.82) is 0 Å². The Morgan fingerprint density at radius 2 is 1.69 bits per heavy atom. The standard InChI is InChI=1S/C22H15FN4OS/c23-15-11-9-14(10-12-15)13-27-18-7-3-1-5-16(18)20(21(27)28)25-26-22-24-17-6-2-4-8-19(17)29-22/h1-12,28H,13H2. The molecule has 0 saturated carbocycles.